The van der Waals surface area contributed by atoms with Crippen molar-refractivity contribution in [3.63, 3.8) is 0 Å². The molecule has 0 bridgehead atoms. The highest BCUT2D eigenvalue weighted by Gasteiger charge is 2.13. The number of carbonyl (C=O) groups excluding carboxylic acids is 2. The molecule has 0 atom stereocenters. The van der Waals surface area contributed by atoms with Gasteiger partial charge in [0, 0.05) is 24.2 Å². The molecule has 7 heteroatoms. The molecule has 0 fully saturated rings. The maximum Gasteiger partial charge on any atom is 0.256 e. The summed E-state index contributed by atoms with van der Waals surface area (Å²) in [4.78, 5) is 25.1. The molecule has 2 N–H and O–H groups in total. The van der Waals surface area contributed by atoms with Crippen molar-refractivity contribution in [2.75, 3.05) is 38.4 Å². The van der Waals surface area contributed by atoms with E-state index in [9.17, 15) is 9.59 Å². The molecule has 0 saturated carbocycles. The summed E-state index contributed by atoms with van der Waals surface area (Å²) in [6.45, 7) is 0.937. The summed E-state index contributed by atoms with van der Waals surface area (Å²) in [5.41, 5.74) is 1.20. The highest BCUT2D eigenvalue weighted by Crippen LogP contribution is 2.24. The van der Waals surface area contributed by atoms with E-state index in [0.717, 1.165) is 10.6 Å². The smallest absolute Gasteiger partial charge is 0.256 e. The molecule has 0 heterocycles. The minimum Gasteiger partial charge on any atom is -0.497 e. The van der Waals surface area contributed by atoms with Gasteiger partial charge in [-0.3, -0.25) is 9.59 Å². The molecule has 2 aromatic carbocycles. The van der Waals surface area contributed by atoms with Gasteiger partial charge >= 0.3 is 0 Å². The van der Waals surface area contributed by atoms with Gasteiger partial charge in [-0.2, -0.15) is 0 Å². The van der Waals surface area contributed by atoms with Gasteiger partial charge < -0.3 is 20.1 Å². The number of methoxy groups -OCH3 is 2. The topological polar surface area (TPSA) is 76.7 Å². The Labute approximate surface area is 157 Å². The summed E-state index contributed by atoms with van der Waals surface area (Å²) in [5, 5.41) is 5.61. The van der Waals surface area contributed by atoms with Crippen molar-refractivity contribution in [2.24, 2.45) is 0 Å². The second-order valence-electron chi connectivity index (χ2n) is 5.31. The van der Waals surface area contributed by atoms with Gasteiger partial charge in [-0.05, 0) is 36.4 Å². The van der Waals surface area contributed by atoms with Gasteiger partial charge in [0.05, 0.1) is 25.0 Å². The molecule has 0 spiro atoms. The Morgan fingerprint density at radius 3 is 2.46 bits per heavy atom. The predicted molar refractivity (Wildman–Crippen MR) is 103 cm³/mol. The first-order valence-electron chi connectivity index (χ1n) is 8.07. The van der Waals surface area contributed by atoms with E-state index in [1.54, 1.807) is 50.6 Å². The van der Waals surface area contributed by atoms with Crippen LogP contribution in [0.2, 0.25) is 0 Å². The summed E-state index contributed by atoms with van der Waals surface area (Å²) in [6.07, 6.45) is 0. The van der Waals surface area contributed by atoms with Crippen LogP contribution in [0.3, 0.4) is 0 Å². The maximum absolute atomic E-state index is 12.6. The minimum atomic E-state index is -0.224. The van der Waals surface area contributed by atoms with Gasteiger partial charge in [0.1, 0.15) is 5.75 Å². The van der Waals surface area contributed by atoms with Crippen LogP contribution < -0.4 is 15.4 Å². The fraction of sp³-hybridized carbons (Fsp3) is 0.263. The Morgan fingerprint density at radius 2 is 1.77 bits per heavy atom. The van der Waals surface area contributed by atoms with E-state index in [-0.39, 0.29) is 17.6 Å². The zero-order valence-electron chi connectivity index (χ0n) is 14.8. The van der Waals surface area contributed by atoms with Crippen LogP contribution in [0.15, 0.2) is 53.4 Å². The van der Waals surface area contributed by atoms with E-state index < -0.39 is 0 Å². The van der Waals surface area contributed by atoms with E-state index in [2.05, 4.69) is 10.6 Å². The van der Waals surface area contributed by atoms with Crippen LogP contribution in [0.1, 0.15) is 10.4 Å². The van der Waals surface area contributed by atoms with Crippen LogP contribution in [-0.4, -0.2) is 44.9 Å². The molecule has 6 nitrogen and oxygen atoms in total. The van der Waals surface area contributed by atoms with Crippen LogP contribution in [0, 0.1) is 0 Å². The Bertz CT molecular complexity index is 735. The molecule has 138 valence electrons. The largest absolute Gasteiger partial charge is 0.497 e. The molecule has 0 radical (unpaired) electrons. The molecule has 2 amide bonds. The molecule has 0 aliphatic heterocycles. The lowest BCUT2D eigenvalue weighted by atomic mass is 10.2. The number of amides is 2. The van der Waals surface area contributed by atoms with Crippen molar-refractivity contribution in [3.05, 3.63) is 54.1 Å². The zero-order chi connectivity index (χ0) is 18.8. The second-order valence-corrected chi connectivity index (χ2v) is 6.33. The highest BCUT2D eigenvalue weighted by molar-refractivity contribution is 8.00. The number of nitrogens with one attached hydrogen (secondary N) is 2. The Hall–Kier alpha value is -2.51. The summed E-state index contributed by atoms with van der Waals surface area (Å²) in [5.74, 6) is 0.630. The molecular weight excluding hydrogens is 352 g/mol. The van der Waals surface area contributed by atoms with Gasteiger partial charge in [0.15, 0.2) is 0 Å². The molecular formula is C19H22N2O4S. The first kappa shape index (κ1) is 19.8. The molecule has 26 heavy (non-hydrogen) atoms. The number of rotatable bonds is 9. The summed E-state index contributed by atoms with van der Waals surface area (Å²) in [6, 6.07) is 14.3. The van der Waals surface area contributed by atoms with Gasteiger partial charge in [-0.25, -0.2) is 0 Å². The predicted octanol–water partition coefficient (Wildman–Crippen LogP) is 2.80. The average Bonchev–Trinajstić information content (AvgIpc) is 2.67. The fourth-order valence-corrected chi connectivity index (χ4v) is 3.02. The second kappa shape index (κ2) is 10.5. The molecule has 0 aliphatic rings. The van der Waals surface area contributed by atoms with Gasteiger partial charge in [0.25, 0.3) is 5.91 Å². The van der Waals surface area contributed by atoms with E-state index in [0.29, 0.717) is 24.4 Å². The quantitative estimate of drug-likeness (QED) is 0.521. The highest BCUT2D eigenvalue weighted by atomic mass is 32.2. The number of ether oxygens (including phenoxy) is 2. The lowest BCUT2D eigenvalue weighted by Gasteiger charge is -2.10. The van der Waals surface area contributed by atoms with Crippen LogP contribution >= 0.6 is 11.8 Å². The van der Waals surface area contributed by atoms with E-state index in [1.165, 1.54) is 11.8 Å². The van der Waals surface area contributed by atoms with Gasteiger partial charge in [-0.1, -0.05) is 12.1 Å². The third kappa shape index (κ3) is 6.09. The van der Waals surface area contributed by atoms with Crippen LogP contribution in [-0.2, 0) is 9.53 Å². The Morgan fingerprint density at radius 1 is 1.04 bits per heavy atom. The van der Waals surface area contributed by atoms with E-state index in [4.69, 9.17) is 9.47 Å². The minimum absolute atomic E-state index is 0.0996. The number of hydrogen-bond acceptors (Lipinski definition) is 5. The van der Waals surface area contributed by atoms with Gasteiger partial charge in [0.2, 0.25) is 5.91 Å². The Kier molecular flexibility index (Phi) is 7.98. The maximum atomic E-state index is 12.6. The molecule has 2 aromatic rings. The number of carbonyl (C=O) groups is 2. The van der Waals surface area contributed by atoms with E-state index in [1.807, 2.05) is 12.1 Å². The van der Waals surface area contributed by atoms with Crippen molar-refractivity contribution in [1.29, 1.82) is 0 Å². The Balaban J connectivity index is 1.98. The van der Waals surface area contributed by atoms with Crippen molar-refractivity contribution < 1.29 is 19.1 Å². The summed E-state index contributed by atoms with van der Waals surface area (Å²) >= 11 is 1.32. The van der Waals surface area contributed by atoms with E-state index >= 15 is 0 Å². The third-order valence-electron chi connectivity index (χ3n) is 3.47. The molecule has 0 unspecified atom stereocenters. The van der Waals surface area contributed by atoms with Crippen LogP contribution in [0.25, 0.3) is 0 Å². The van der Waals surface area contributed by atoms with Crippen molar-refractivity contribution in [2.45, 2.75) is 4.90 Å². The molecule has 2 rings (SSSR count). The standard InChI is InChI=1S/C19H22N2O4S/c1-24-12-11-20-18(22)13-26-17-6-4-3-5-16(17)19(23)21-14-7-9-15(25-2)10-8-14/h3-10H,11-13H2,1-2H3,(H,20,22)(H,21,23). The third-order valence-corrected chi connectivity index (χ3v) is 4.54. The van der Waals surface area contributed by atoms with Crippen LogP contribution in [0.4, 0.5) is 5.69 Å². The lowest BCUT2D eigenvalue weighted by molar-refractivity contribution is -0.118. The normalized spacial score (nSPS) is 10.2. The van der Waals surface area contributed by atoms with Gasteiger partial charge in [-0.15, -0.1) is 11.8 Å². The fourth-order valence-electron chi connectivity index (χ4n) is 2.14. The molecule has 0 aliphatic carbocycles. The molecule has 0 aromatic heterocycles. The SMILES string of the molecule is COCCNC(=O)CSc1ccccc1C(=O)Nc1ccc(OC)cc1. The number of thioether (sulfide) groups is 1. The molecule has 0 saturated heterocycles. The first-order chi connectivity index (χ1) is 12.6. The average molecular weight is 374 g/mol. The summed E-state index contributed by atoms with van der Waals surface area (Å²) in [7, 11) is 3.17. The zero-order valence-corrected chi connectivity index (χ0v) is 15.6. The first-order valence-corrected chi connectivity index (χ1v) is 9.05. The lowest BCUT2D eigenvalue weighted by Crippen LogP contribution is -2.28. The van der Waals surface area contributed by atoms with Crippen molar-refractivity contribution >= 4 is 29.3 Å². The number of hydrogen-bond donors (Lipinski definition) is 2. The number of anilines is 1. The van der Waals surface area contributed by atoms with Crippen molar-refractivity contribution in [1.82, 2.24) is 5.32 Å². The van der Waals surface area contributed by atoms with Crippen molar-refractivity contribution in [3.8, 4) is 5.75 Å². The number of benzene rings is 2. The summed E-state index contributed by atoms with van der Waals surface area (Å²) < 4.78 is 10.0. The van der Waals surface area contributed by atoms with Crippen LogP contribution in [0.5, 0.6) is 5.75 Å². The monoisotopic (exact) mass is 374 g/mol.